The van der Waals surface area contributed by atoms with Gasteiger partial charge in [0.2, 0.25) is 5.95 Å². The minimum absolute atomic E-state index is 0.431. The number of halogens is 1. The number of pyridine rings is 1. The molecule has 0 atom stereocenters. The Hall–Kier alpha value is -2.32. The number of benzene rings is 1. The van der Waals surface area contributed by atoms with Gasteiger partial charge in [0.05, 0.1) is 18.0 Å². The summed E-state index contributed by atoms with van der Waals surface area (Å²) < 4.78 is 23.7. The molecule has 8 heteroatoms. The molecule has 0 amide bonds. The highest BCUT2D eigenvalue weighted by Gasteiger charge is 2.22. The molecule has 0 unspecified atom stereocenters. The van der Waals surface area contributed by atoms with Crippen LogP contribution in [0.4, 0.5) is 10.1 Å². The van der Waals surface area contributed by atoms with Gasteiger partial charge in [0.25, 0.3) is 0 Å². The van der Waals surface area contributed by atoms with Gasteiger partial charge < -0.3 is 13.9 Å². The van der Waals surface area contributed by atoms with E-state index in [1.54, 1.807) is 12.1 Å². The third-order valence-electron chi connectivity index (χ3n) is 5.41. The molecule has 1 aromatic carbocycles. The van der Waals surface area contributed by atoms with E-state index in [4.69, 9.17) is 9.57 Å². The number of hydrogen-bond donors (Lipinski definition) is 0. The smallest absolute Gasteiger partial charge is 0.214 e. The van der Waals surface area contributed by atoms with Gasteiger partial charge in [-0.2, -0.15) is 4.39 Å². The van der Waals surface area contributed by atoms with E-state index in [1.807, 2.05) is 19.1 Å². The fourth-order valence-electron chi connectivity index (χ4n) is 3.83. The summed E-state index contributed by atoms with van der Waals surface area (Å²) in [4.78, 5) is 8.83. The summed E-state index contributed by atoms with van der Waals surface area (Å²) in [5.41, 5.74) is 4.39. The normalized spacial score (nSPS) is 17.4. The molecule has 1 aromatic heterocycles. The number of ether oxygens (including phenoxy) is 1. The molecule has 2 aliphatic rings. The first-order valence-electron chi connectivity index (χ1n) is 11.0. The Kier molecular flexibility index (Phi) is 7.64. The Labute approximate surface area is 187 Å². The van der Waals surface area contributed by atoms with E-state index in [2.05, 4.69) is 30.9 Å². The lowest BCUT2D eigenvalue weighted by atomic mass is 10.1. The zero-order valence-corrected chi connectivity index (χ0v) is 18.7. The average Bonchev–Trinajstić information content (AvgIpc) is 3.41. The predicted molar refractivity (Wildman–Crippen MR) is 123 cm³/mol. The maximum Gasteiger partial charge on any atom is 0.214 e. The van der Waals surface area contributed by atoms with Crippen molar-refractivity contribution in [1.82, 2.24) is 9.29 Å². The molecule has 31 heavy (non-hydrogen) atoms. The standard InChI is InChI=1S/C23H29FN4O2S/c1-2-30-26-22-9-6-18-16-20(7-8-21(18)22)29-15-5-3-4-12-27-13-14-28(31-27)19-10-11-25-23(24)17-19/h7-8,10-11,16-17H,2-6,9,12-15H2,1H3/b26-22+. The Balaban J connectivity index is 1.13. The molecule has 1 fully saturated rings. The van der Waals surface area contributed by atoms with Crippen LogP contribution in [0.2, 0.25) is 0 Å². The van der Waals surface area contributed by atoms with Crippen molar-refractivity contribution >= 4 is 23.5 Å². The van der Waals surface area contributed by atoms with E-state index in [0.29, 0.717) is 6.61 Å². The third kappa shape index (κ3) is 5.89. The van der Waals surface area contributed by atoms with E-state index < -0.39 is 5.95 Å². The molecule has 2 heterocycles. The quantitative estimate of drug-likeness (QED) is 0.226. The summed E-state index contributed by atoms with van der Waals surface area (Å²) in [6.45, 7) is 6.17. The zero-order chi connectivity index (χ0) is 21.5. The van der Waals surface area contributed by atoms with Gasteiger partial charge in [-0.1, -0.05) is 5.16 Å². The van der Waals surface area contributed by atoms with Crippen LogP contribution in [0.5, 0.6) is 5.75 Å². The molecule has 1 aliphatic carbocycles. The molecule has 166 valence electrons. The first-order valence-corrected chi connectivity index (χ1v) is 11.7. The molecule has 0 N–H and O–H groups in total. The first kappa shape index (κ1) is 21.9. The first-order chi connectivity index (χ1) is 15.2. The van der Waals surface area contributed by atoms with Crippen molar-refractivity contribution in [1.29, 1.82) is 0 Å². The van der Waals surface area contributed by atoms with Crippen molar-refractivity contribution in [2.45, 2.75) is 39.0 Å². The molecule has 1 saturated heterocycles. The van der Waals surface area contributed by atoms with E-state index in [9.17, 15) is 4.39 Å². The van der Waals surface area contributed by atoms with Crippen LogP contribution in [0.15, 0.2) is 41.7 Å². The number of nitrogens with zero attached hydrogens (tertiary/aromatic N) is 4. The topological polar surface area (TPSA) is 50.2 Å². The number of unbranched alkanes of at least 4 members (excludes halogenated alkanes) is 2. The van der Waals surface area contributed by atoms with Gasteiger partial charge in [-0.3, -0.25) is 0 Å². The predicted octanol–water partition coefficient (Wildman–Crippen LogP) is 4.84. The molecule has 0 radical (unpaired) electrons. The molecule has 0 saturated carbocycles. The third-order valence-corrected chi connectivity index (χ3v) is 6.59. The molecule has 4 rings (SSSR count). The van der Waals surface area contributed by atoms with Gasteiger partial charge in [0.1, 0.15) is 12.4 Å². The summed E-state index contributed by atoms with van der Waals surface area (Å²) in [7, 11) is 0. The van der Waals surface area contributed by atoms with E-state index in [1.165, 1.54) is 23.4 Å². The molecular formula is C23H29FN4O2S. The minimum Gasteiger partial charge on any atom is -0.494 e. The minimum atomic E-state index is -0.431. The molecular weight excluding hydrogens is 415 g/mol. The fourth-order valence-corrected chi connectivity index (χ4v) is 4.85. The second-order valence-corrected chi connectivity index (χ2v) is 8.75. The van der Waals surface area contributed by atoms with Crippen LogP contribution >= 0.6 is 12.1 Å². The van der Waals surface area contributed by atoms with Crippen molar-refractivity contribution in [2.75, 3.05) is 37.2 Å². The molecule has 0 spiro atoms. The van der Waals surface area contributed by atoms with Crippen molar-refractivity contribution in [3.8, 4) is 5.75 Å². The number of aryl methyl sites for hydroxylation is 1. The molecule has 6 nitrogen and oxygen atoms in total. The summed E-state index contributed by atoms with van der Waals surface area (Å²) in [5.74, 6) is 0.505. The number of oxime groups is 1. The van der Waals surface area contributed by atoms with Crippen LogP contribution in [0.3, 0.4) is 0 Å². The van der Waals surface area contributed by atoms with E-state index in [-0.39, 0.29) is 0 Å². The monoisotopic (exact) mass is 444 g/mol. The second kappa shape index (κ2) is 10.8. The molecule has 1 aliphatic heterocycles. The van der Waals surface area contributed by atoms with Crippen molar-refractivity contribution < 1.29 is 14.0 Å². The number of anilines is 1. The summed E-state index contributed by atoms with van der Waals surface area (Å²) >= 11 is 1.67. The lowest BCUT2D eigenvalue weighted by Gasteiger charge is -2.17. The summed E-state index contributed by atoms with van der Waals surface area (Å²) in [6, 6.07) is 9.60. The number of fused-ring (bicyclic) bond motifs is 1. The Bertz CT molecular complexity index is 911. The van der Waals surface area contributed by atoms with Crippen LogP contribution in [0, 0.1) is 5.95 Å². The summed E-state index contributed by atoms with van der Waals surface area (Å²) in [5, 5.41) is 4.21. The highest BCUT2D eigenvalue weighted by Crippen LogP contribution is 2.30. The van der Waals surface area contributed by atoms with Gasteiger partial charge in [0, 0.05) is 49.6 Å². The largest absolute Gasteiger partial charge is 0.494 e. The van der Waals surface area contributed by atoms with Crippen LogP contribution < -0.4 is 9.04 Å². The van der Waals surface area contributed by atoms with Crippen LogP contribution in [-0.4, -0.2) is 47.8 Å². The number of aromatic nitrogens is 1. The van der Waals surface area contributed by atoms with Gasteiger partial charge in [-0.05, 0) is 68.9 Å². The van der Waals surface area contributed by atoms with Crippen LogP contribution in [-0.2, 0) is 11.3 Å². The van der Waals surface area contributed by atoms with Crippen LogP contribution in [0.1, 0.15) is 43.7 Å². The Morgan fingerprint density at radius 3 is 2.94 bits per heavy atom. The van der Waals surface area contributed by atoms with Gasteiger partial charge in [-0.25, -0.2) is 9.29 Å². The SMILES string of the molecule is CCO/N=C1\CCc2cc(OCCCCCN3CCN(c4ccnc(F)c4)S3)ccc21. The van der Waals surface area contributed by atoms with Gasteiger partial charge in [0.15, 0.2) is 0 Å². The summed E-state index contributed by atoms with van der Waals surface area (Å²) in [6.07, 6.45) is 6.72. The van der Waals surface area contributed by atoms with Gasteiger partial charge >= 0.3 is 0 Å². The lowest BCUT2D eigenvalue weighted by molar-refractivity contribution is 0.158. The molecule has 0 bridgehead atoms. The molecule has 2 aromatic rings. The Morgan fingerprint density at radius 1 is 1.13 bits per heavy atom. The fraction of sp³-hybridized carbons (Fsp3) is 0.478. The Morgan fingerprint density at radius 2 is 2.06 bits per heavy atom. The van der Waals surface area contributed by atoms with Crippen molar-refractivity contribution in [2.24, 2.45) is 5.16 Å². The van der Waals surface area contributed by atoms with E-state index in [0.717, 1.165) is 75.5 Å². The average molecular weight is 445 g/mol. The maximum absolute atomic E-state index is 13.3. The van der Waals surface area contributed by atoms with Crippen molar-refractivity contribution in [3.05, 3.63) is 53.6 Å². The van der Waals surface area contributed by atoms with E-state index >= 15 is 0 Å². The highest BCUT2D eigenvalue weighted by molar-refractivity contribution is 7.98. The van der Waals surface area contributed by atoms with Crippen LogP contribution in [0.25, 0.3) is 0 Å². The van der Waals surface area contributed by atoms with Gasteiger partial charge in [-0.15, -0.1) is 0 Å². The zero-order valence-electron chi connectivity index (χ0n) is 17.9. The number of rotatable bonds is 10. The van der Waals surface area contributed by atoms with Crippen molar-refractivity contribution in [3.63, 3.8) is 0 Å². The lowest BCUT2D eigenvalue weighted by Crippen LogP contribution is -2.14. The maximum atomic E-state index is 13.3. The highest BCUT2D eigenvalue weighted by atomic mass is 32.2. The number of hydrogen-bond acceptors (Lipinski definition) is 7. The second-order valence-electron chi connectivity index (χ2n) is 7.63.